The fraction of sp³-hybridized carbons (Fsp3) is 0.556. The molecule has 0 radical (unpaired) electrons. The summed E-state index contributed by atoms with van der Waals surface area (Å²) in [7, 11) is 1.90. The van der Waals surface area contributed by atoms with Crippen LogP contribution < -0.4 is 5.32 Å². The zero-order valence-corrected chi connectivity index (χ0v) is 17.5. The molecule has 3 rings (SSSR count). The monoisotopic (exact) mass is 411 g/mol. The first-order valence-electron chi connectivity index (χ1n) is 8.99. The molecule has 1 aliphatic rings. The normalized spacial score (nSPS) is 16.0. The van der Waals surface area contributed by atoms with Gasteiger partial charge in [-0.2, -0.15) is 4.98 Å². The molecule has 1 N–H and O–H groups in total. The third-order valence-corrected chi connectivity index (χ3v) is 5.61. The topological polar surface area (TPSA) is 84.2 Å². The number of thioether (sulfide) groups is 1. The molecule has 2 atom stereocenters. The van der Waals surface area contributed by atoms with Crippen molar-refractivity contribution in [3.05, 3.63) is 24.2 Å². The molecule has 0 saturated carbocycles. The second kappa shape index (κ2) is 10.1. The van der Waals surface area contributed by atoms with Gasteiger partial charge in [-0.1, -0.05) is 16.9 Å². The van der Waals surface area contributed by atoms with Crippen LogP contribution in [-0.2, 0) is 11.2 Å². The van der Waals surface area contributed by atoms with Gasteiger partial charge in [-0.25, -0.2) is 4.98 Å². The van der Waals surface area contributed by atoms with E-state index in [2.05, 4.69) is 27.4 Å². The molecule has 1 saturated heterocycles. The number of amides is 1. The van der Waals surface area contributed by atoms with Crippen molar-refractivity contribution in [1.29, 1.82) is 0 Å². The van der Waals surface area contributed by atoms with E-state index in [-0.39, 0.29) is 29.6 Å². The maximum atomic E-state index is 12.6. The Kier molecular flexibility index (Phi) is 8.07. The lowest BCUT2D eigenvalue weighted by molar-refractivity contribution is -0.129. The summed E-state index contributed by atoms with van der Waals surface area (Å²) in [5, 5.41) is 7.76. The van der Waals surface area contributed by atoms with Gasteiger partial charge in [0.1, 0.15) is 5.03 Å². The van der Waals surface area contributed by atoms with Crippen molar-refractivity contribution in [2.75, 3.05) is 20.1 Å². The van der Waals surface area contributed by atoms with Gasteiger partial charge in [0.2, 0.25) is 5.91 Å². The molecule has 7 nitrogen and oxygen atoms in total. The predicted molar refractivity (Wildman–Crippen MR) is 108 cm³/mol. The van der Waals surface area contributed by atoms with Gasteiger partial charge >= 0.3 is 0 Å². The van der Waals surface area contributed by atoms with Gasteiger partial charge in [-0.15, -0.1) is 12.4 Å². The Bertz CT molecular complexity index is 751. The fourth-order valence-electron chi connectivity index (χ4n) is 2.88. The van der Waals surface area contributed by atoms with Gasteiger partial charge in [-0.3, -0.25) is 4.79 Å². The van der Waals surface area contributed by atoms with Crippen LogP contribution in [0.2, 0.25) is 0 Å². The molecule has 148 valence electrons. The van der Waals surface area contributed by atoms with E-state index in [0.29, 0.717) is 18.1 Å². The SMILES string of the molecule is CNC(C)Cc1noc(-c2cccnc2SC(C)C(=O)N2CCCC2)n1.Cl. The molecular weight excluding hydrogens is 386 g/mol. The summed E-state index contributed by atoms with van der Waals surface area (Å²) in [5.41, 5.74) is 0.773. The molecule has 2 aromatic heterocycles. The van der Waals surface area contributed by atoms with Gasteiger partial charge in [0.25, 0.3) is 5.89 Å². The molecule has 0 bridgehead atoms. The highest BCUT2D eigenvalue weighted by atomic mass is 35.5. The van der Waals surface area contributed by atoms with Crippen molar-refractivity contribution in [3.8, 4) is 11.5 Å². The molecule has 9 heteroatoms. The quantitative estimate of drug-likeness (QED) is 0.701. The lowest BCUT2D eigenvalue weighted by Gasteiger charge is -2.20. The second-order valence-corrected chi connectivity index (χ2v) is 7.89. The molecule has 1 fully saturated rings. The largest absolute Gasteiger partial charge is 0.342 e. The number of nitrogens with one attached hydrogen (secondary N) is 1. The van der Waals surface area contributed by atoms with Crippen LogP contribution >= 0.6 is 24.2 Å². The molecule has 3 heterocycles. The number of hydrogen-bond donors (Lipinski definition) is 1. The molecule has 0 spiro atoms. The molecular formula is C18H26ClN5O2S. The Balaban J connectivity index is 0.00000261. The van der Waals surface area contributed by atoms with Crippen molar-refractivity contribution in [2.45, 2.75) is 49.4 Å². The van der Waals surface area contributed by atoms with Gasteiger partial charge < -0.3 is 14.7 Å². The number of likely N-dealkylation sites (N-methyl/N-ethyl adjacent to an activating group) is 1. The highest BCUT2D eigenvalue weighted by molar-refractivity contribution is 8.00. The smallest absolute Gasteiger partial charge is 0.260 e. The molecule has 0 aliphatic carbocycles. The zero-order valence-electron chi connectivity index (χ0n) is 15.8. The van der Waals surface area contributed by atoms with Crippen LogP contribution in [0.1, 0.15) is 32.5 Å². The molecule has 0 aromatic carbocycles. The molecule has 2 unspecified atom stereocenters. The third kappa shape index (κ3) is 5.43. The highest BCUT2D eigenvalue weighted by Gasteiger charge is 2.26. The van der Waals surface area contributed by atoms with E-state index < -0.39 is 0 Å². The first-order chi connectivity index (χ1) is 12.6. The standard InChI is InChI=1S/C18H25N5O2S.ClH/c1-12(19-3)11-15-21-16(25-22-15)14-7-6-8-20-17(14)26-13(2)18(24)23-9-4-5-10-23;/h6-8,12-13,19H,4-5,9-11H2,1-3H3;1H. The number of carbonyl (C=O) groups is 1. The maximum absolute atomic E-state index is 12.6. The summed E-state index contributed by atoms with van der Waals surface area (Å²) >= 11 is 1.45. The number of rotatable bonds is 7. The number of nitrogens with zero attached hydrogens (tertiary/aromatic N) is 4. The van der Waals surface area contributed by atoms with Crippen LogP contribution in [0, 0.1) is 0 Å². The van der Waals surface area contributed by atoms with Crippen molar-refractivity contribution in [3.63, 3.8) is 0 Å². The number of hydrogen-bond acceptors (Lipinski definition) is 7. The number of halogens is 1. The van der Waals surface area contributed by atoms with Crippen LogP contribution in [0.3, 0.4) is 0 Å². The Morgan fingerprint density at radius 1 is 1.37 bits per heavy atom. The average molecular weight is 412 g/mol. The van der Waals surface area contributed by atoms with E-state index in [0.717, 1.165) is 36.5 Å². The van der Waals surface area contributed by atoms with Crippen LogP contribution in [0.25, 0.3) is 11.5 Å². The zero-order chi connectivity index (χ0) is 18.5. The molecule has 1 amide bonds. The van der Waals surface area contributed by atoms with E-state index >= 15 is 0 Å². The molecule has 2 aromatic rings. The summed E-state index contributed by atoms with van der Waals surface area (Å²) < 4.78 is 5.44. The Morgan fingerprint density at radius 3 is 2.81 bits per heavy atom. The van der Waals surface area contributed by atoms with E-state index in [1.54, 1.807) is 6.20 Å². The van der Waals surface area contributed by atoms with E-state index in [1.165, 1.54) is 11.8 Å². The Morgan fingerprint density at radius 2 is 2.11 bits per heavy atom. The summed E-state index contributed by atoms with van der Waals surface area (Å²) in [6, 6.07) is 4.01. The average Bonchev–Trinajstić information content (AvgIpc) is 3.33. The van der Waals surface area contributed by atoms with Gasteiger partial charge in [-0.05, 0) is 45.9 Å². The maximum Gasteiger partial charge on any atom is 0.260 e. The second-order valence-electron chi connectivity index (χ2n) is 6.56. The fourth-order valence-corrected chi connectivity index (χ4v) is 3.87. The minimum absolute atomic E-state index is 0. The lowest BCUT2D eigenvalue weighted by Crippen LogP contribution is -2.34. The summed E-state index contributed by atoms with van der Waals surface area (Å²) in [6.45, 7) is 5.70. The third-order valence-electron chi connectivity index (χ3n) is 4.51. The summed E-state index contributed by atoms with van der Waals surface area (Å²) in [4.78, 5) is 23.4. The summed E-state index contributed by atoms with van der Waals surface area (Å²) in [6.07, 6.45) is 4.59. The van der Waals surface area contributed by atoms with Crippen molar-refractivity contribution >= 4 is 30.1 Å². The van der Waals surface area contributed by atoms with E-state index in [1.807, 2.05) is 31.0 Å². The summed E-state index contributed by atoms with van der Waals surface area (Å²) in [5.74, 6) is 1.26. The number of carbonyl (C=O) groups excluding carboxylic acids is 1. The highest BCUT2D eigenvalue weighted by Crippen LogP contribution is 2.32. The van der Waals surface area contributed by atoms with Gasteiger partial charge in [0, 0.05) is 31.7 Å². The molecule has 1 aliphatic heterocycles. The minimum Gasteiger partial charge on any atom is -0.342 e. The van der Waals surface area contributed by atoms with E-state index in [9.17, 15) is 4.79 Å². The number of likely N-dealkylation sites (tertiary alicyclic amines) is 1. The predicted octanol–water partition coefficient (Wildman–Crippen LogP) is 2.81. The van der Waals surface area contributed by atoms with Crippen LogP contribution in [0.4, 0.5) is 0 Å². The van der Waals surface area contributed by atoms with Crippen molar-refractivity contribution in [1.82, 2.24) is 25.3 Å². The van der Waals surface area contributed by atoms with Crippen molar-refractivity contribution in [2.24, 2.45) is 0 Å². The number of pyridine rings is 1. The first-order valence-corrected chi connectivity index (χ1v) is 9.87. The van der Waals surface area contributed by atoms with E-state index in [4.69, 9.17) is 4.52 Å². The number of aromatic nitrogens is 3. The van der Waals surface area contributed by atoms with Gasteiger partial charge in [0.05, 0.1) is 10.8 Å². The Labute approximate surface area is 170 Å². The van der Waals surface area contributed by atoms with Crippen molar-refractivity contribution < 1.29 is 9.32 Å². The Hall–Kier alpha value is -1.64. The van der Waals surface area contributed by atoms with Gasteiger partial charge in [0.15, 0.2) is 5.82 Å². The molecule has 27 heavy (non-hydrogen) atoms. The first kappa shape index (κ1) is 21.7. The van der Waals surface area contributed by atoms with Crippen LogP contribution in [0.15, 0.2) is 27.9 Å². The lowest BCUT2D eigenvalue weighted by atomic mass is 10.2. The van der Waals surface area contributed by atoms with Crippen LogP contribution in [-0.4, -0.2) is 57.4 Å². The van der Waals surface area contributed by atoms with Crippen LogP contribution in [0.5, 0.6) is 0 Å². The minimum atomic E-state index is -0.201.